The average molecular weight is 444 g/mol. The Balaban J connectivity index is 1.59. The second-order valence-electron chi connectivity index (χ2n) is 7.73. The largest absolute Gasteiger partial charge is 0.372 e. The van der Waals surface area contributed by atoms with E-state index < -0.39 is 0 Å². The van der Waals surface area contributed by atoms with Gasteiger partial charge in [0.25, 0.3) is 5.56 Å². The zero-order valence-electron chi connectivity index (χ0n) is 17.1. The molecule has 0 aliphatic heterocycles. The standard InChI is InChI=1S/C23H18ClN7O/c1-31-19-4-3-14(29-17-5-10-26-21(24)16(17)13-25)11-15(19)18(12-20(31)32)30-23(6-7-23)22-27-8-2-9-28-22/h2-5,8-12,30H,6-7H2,1H3,(H,26,29). The number of hydrogen-bond donors (Lipinski definition) is 2. The zero-order valence-corrected chi connectivity index (χ0v) is 17.9. The lowest BCUT2D eigenvalue weighted by molar-refractivity contribution is 0.725. The average Bonchev–Trinajstić information content (AvgIpc) is 3.59. The smallest absolute Gasteiger partial charge is 0.252 e. The molecule has 1 aliphatic carbocycles. The van der Waals surface area contributed by atoms with E-state index in [1.807, 2.05) is 18.2 Å². The molecular formula is C23H18ClN7O. The lowest BCUT2D eigenvalue weighted by Gasteiger charge is -2.20. The number of benzene rings is 1. The van der Waals surface area contributed by atoms with Crippen molar-refractivity contribution in [1.29, 1.82) is 5.26 Å². The van der Waals surface area contributed by atoms with Crippen LogP contribution in [0, 0.1) is 11.3 Å². The Morgan fingerprint density at radius 3 is 2.59 bits per heavy atom. The van der Waals surface area contributed by atoms with Gasteiger partial charge in [-0.1, -0.05) is 11.6 Å². The van der Waals surface area contributed by atoms with Gasteiger partial charge < -0.3 is 15.2 Å². The minimum absolute atomic E-state index is 0.113. The summed E-state index contributed by atoms with van der Waals surface area (Å²) in [6, 6.07) is 12.8. The molecule has 4 aromatic rings. The number of aromatic nitrogens is 4. The fourth-order valence-corrected chi connectivity index (χ4v) is 3.98. The predicted octanol–water partition coefficient (Wildman–Crippen LogP) is 4.09. The third-order valence-corrected chi connectivity index (χ3v) is 5.95. The summed E-state index contributed by atoms with van der Waals surface area (Å²) in [4.78, 5) is 25.4. The predicted molar refractivity (Wildman–Crippen MR) is 123 cm³/mol. The van der Waals surface area contributed by atoms with Gasteiger partial charge >= 0.3 is 0 Å². The van der Waals surface area contributed by atoms with Crippen molar-refractivity contribution in [3.63, 3.8) is 0 Å². The third kappa shape index (κ3) is 3.43. The highest BCUT2D eigenvalue weighted by Gasteiger charge is 2.47. The maximum atomic E-state index is 12.6. The van der Waals surface area contributed by atoms with Gasteiger partial charge in [0.15, 0.2) is 5.82 Å². The summed E-state index contributed by atoms with van der Waals surface area (Å²) < 4.78 is 1.60. The molecule has 3 aromatic heterocycles. The molecule has 0 radical (unpaired) electrons. The number of hydrogen-bond acceptors (Lipinski definition) is 7. The Hall–Kier alpha value is -3.96. The summed E-state index contributed by atoms with van der Waals surface area (Å²) in [6.45, 7) is 0. The van der Waals surface area contributed by atoms with E-state index in [0.717, 1.165) is 29.4 Å². The highest BCUT2D eigenvalue weighted by atomic mass is 35.5. The minimum atomic E-state index is -0.378. The Kier molecular flexibility index (Phi) is 4.76. The molecule has 5 rings (SSSR count). The summed E-state index contributed by atoms with van der Waals surface area (Å²) in [5.74, 6) is 0.716. The Morgan fingerprint density at radius 2 is 1.88 bits per heavy atom. The van der Waals surface area contributed by atoms with Crippen molar-refractivity contribution in [2.75, 3.05) is 10.6 Å². The number of nitriles is 1. The van der Waals surface area contributed by atoms with Crippen molar-refractivity contribution in [2.24, 2.45) is 7.05 Å². The molecule has 0 saturated heterocycles. The molecule has 32 heavy (non-hydrogen) atoms. The van der Waals surface area contributed by atoms with Crippen molar-refractivity contribution in [3.05, 3.63) is 81.9 Å². The molecule has 1 aromatic carbocycles. The number of nitrogens with zero attached hydrogens (tertiary/aromatic N) is 5. The van der Waals surface area contributed by atoms with Gasteiger partial charge in [0.2, 0.25) is 0 Å². The molecule has 1 fully saturated rings. The maximum absolute atomic E-state index is 12.6. The van der Waals surface area contributed by atoms with E-state index in [2.05, 4.69) is 31.7 Å². The molecular weight excluding hydrogens is 426 g/mol. The summed E-state index contributed by atoms with van der Waals surface area (Å²) in [5.41, 5.74) is 2.58. The lowest BCUT2D eigenvalue weighted by atomic mass is 10.1. The van der Waals surface area contributed by atoms with E-state index >= 15 is 0 Å². The van der Waals surface area contributed by atoms with Crippen LogP contribution in [-0.2, 0) is 12.6 Å². The van der Waals surface area contributed by atoms with Crippen LogP contribution in [0.4, 0.5) is 17.1 Å². The molecule has 0 bridgehead atoms. The molecule has 1 saturated carbocycles. The van der Waals surface area contributed by atoms with Gasteiger partial charge in [-0.25, -0.2) is 15.0 Å². The first-order valence-corrected chi connectivity index (χ1v) is 10.4. The SMILES string of the molecule is Cn1c(=O)cc(NC2(c3ncccn3)CC2)c2cc(Nc3ccnc(Cl)c3C#N)ccc21. The van der Waals surface area contributed by atoms with E-state index in [0.29, 0.717) is 17.2 Å². The number of fused-ring (bicyclic) bond motifs is 1. The summed E-state index contributed by atoms with van der Waals surface area (Å²) in [5, 5.41) is 17.2. The Labute approximate surface area is 188 Å². The van der Waals surface area contributed by atoms with E-state index in [-0.39, 0.29) is 21.8 Å². The van der Waals surface area contributed by atoms with Gasteiger partial charge in [0.1, 0.15) is 16.8 Å². The quantitative estimate of drug-likeness (QED) is 0.447. The van der Waals surface area contributed by atoms with Crippen molar-refractivity contribution in [3.8, 4) is 6.07 Å². The summed E-state index contributed by atoms with van der Waals surface area (Å²) in [6.07, 6.45) is 6.75. The first kappa shape index (κ1) is 20.0. The van der Waals surface area contributed by atoms with E-state index in [1.54, 1.807) is 48.4 Å². The lowest BCUT2D eigenvalue weighted by Crippen LogP contribution is -2.24. The van der Waals surface area contributed by atoms with Crippen LogP contribution >= 0.6 is 11.6 Å². The number of halogens is 1. The van der Waals surface area contributed by atoms with Crippen molar-refractivity contribution >= 4 is 39.6 Å². The second-order valence-corrected chi connectivity index (χ2v) is 8.09. The molecule has 2 N–H and O–H groups in total. The van der Waals surface area contributed by atoms with Crippen LogP contribution in [0.15, 0.2) is 59.8 Å². The van der Waals surface area contributed by atoms with Crippen molar-refractivity contribution < 1.29 is 0 Å². The molecule has 3 heterocycles. The number of nitrogens with one attached hydrogen (secondary N) is 2. The molecule has 0 unspecified atom stereocenters. The number of pyridine rings is 2. The molecule has 9 heteroatoms. The highest BCUT2D eigenvalue weighted by molar-refractivity contribution is 6.31. The molecule has 0 amide bonds. The molecule has 0 spiro atoms. The van der Waals surface area contributed by atoms with Crippen LogP contribution in [0.25, 0.3) is 10.9 Å². The van der Waals surface area contributed by atoms with Gasteiger partial charge in [-0.3, -0.25) is 4.79 Å². The first-order valence-electron chi connectivity index (χ1n) is 10.0. The summed E-state index contributed by atoms with van der Waals surface area (Å²) >= 11 is 6.06. The Bertz CT molecular complexity index is 1440. The van der Waals surface area contributed by atoms with Gasteiger partial charge in [0.05, 0.1) is 16.7 Å². The van der Waals surface area contributed by atoms with E-state index in [1.165, 1.54) is 0 Å². The van der Waals surface area contributed by atoms with Crippen LogP contribution in [0.1, 0.15) is 24.2 Å². The normalized spacial score (nSPS) is 14.0. The zero-order chi connectivity index (χ0) is 22.3. The van der Waals surface area contributed by atoms with Crippen LogP contribution in [0.5, 0.6) is 0 Å². The fourth-order valence-electron chi connectivity index (χ4n) is 3.78. The van der Waals surface area contributed by atoms with Gasteiger partial charge in [-0.2, -0.15) is 5.26 Å². The fraction of sp³-hybridized carbons (Fsp3) is 0.174. The third-order valence-electron chi connectivity index (χ3n) is 5.66. The maximum Gasteiger partial charge on any atom is 0.252 e. The minimum Gasteiger partial charge on any atom is -0.372 e. The van der Waals surface area contributed by atoms with E-state index in [9.17, 15) is 10.1 Å². The van der Waals surface area contributed by atoms with Crippen molar-refractivity contribution in [1.82, 2.24) is 19.5 Å². The van der Waals surface area contributed by atoms with Crippen molar-refractivity contribution in [2.45, 2.75) is 18.4 Å². The summed E-state index contributed by atoms with van der Waals surface area (Å²) in [7, 11) is 1.74. The number of rotatable bonds is 5. The molecule has 8 nitrogen and oxygen atoms in total. The number of anilines is 3. The van der Waals surface area contributed by atoms with Crippen LogP contribution < -0.4 is 16.2 Å². The van der Waals surface area contributed by atoms with Gasteiger partial charge in [-0.15, -0.1) is 0 Å². The van der Waals surface area contributed by atoms with Crippen LogP contribution in [-0.4, -0.2) is 19.5 Å². The second kappa shape index (κ2) is 7.62. The Morgan fingerprint density at radius 1 is 1.09 bits per heavy atom. The van der Waals surface area contributed by atoms with Gasteiger partial charge in [-0.05, 0) is 43.2 Å². The molecule has 0 atom stereocenters. The first-order chi connectivity index (χ1) is 15.5. The van der Waals surface area contributed by atoms with E-state index in [4.69, 9.17) is 11.6 Å². The molecule has 158 valence electrons. The van der Waals surface area contributed by atoms with Gasteiger partial charge in [0, 0.05) is 48.5 Å². The number of aryl methyl sites for hydroxylation is 1. The highest BCUT2D eigenvalue weighted by Crippen LogP contribution is 2.47. The monoisotopic (exact) mass is 443 g/mol. The molecule has 1 aliphatic rings. The van der Waals surface area contributed by atoms with Crippen LogP contribution in [0.2, 0.25) is 5.15 Å². The van der Waals surface area contributed by atoms with Crippen LogP contribution in [0.3, 0.4) is 0 Å². The topological polar surface area (TPSA) is 109 Å².